The van der Waals surface area contributed by atoms with E-state index in [-0.39, 0.29) is 10.6 Å². The molecule has 1 heterocycles. The lowest BCUT2D eigenvalue weighted by molar-refractivity contribution is 0.0697. The number of benzene rings is 3. The summed E-state index contributed by atoms with van der Waals surface area (Å²) < 4.78 is 2.03. The highest BCUT2D eigenvalue weighted by Gasteiger charge is 2.09. The maximum atomic E-state index is 11.2. The van der Waals surface area contributed by atoms with Crippen molar-refractivity contribution in [3.8, 4) is 5.69 Å². The molecule has 5 heteroatoms. The summed E-state index contributed by atoms with van der Waals surface area (Å²) in [6.45, 7) is 0. The fraction of sp³-hybridized carbons (Fsp3) is 0. The number of carboxylic acids is 1. The van der Waals surface area contributed by atoms with Crippen LogP contribution in [0.5, 0.6) is 0 Å². The van der Waals surface area contributed by atoms with Gasteiger partial charge in [-0.05, 0) is 53.2 Å². The van der Waals surface area contributed by atoms with Gasteiger partial charge < -0.3 is 9.67 Å². The first-order valence-corrected chi connectivity index (χ1v) is 8.73. The van der Waals surface area contributed by atoms with Gasteiger partial charge in [0.15, 0.2) is 0 Å². The molecule has 3 aromatic carbocycles. The predicted molar refractivity (Wildman–Crippen MR) is 109 cm³/mol. The van der Waals surface area contributed by atoms with Gasteiger partial charge in [0, 0.05) is 11.9 Å². The minimum absolute atomic E-state index is 0.0382. The van der Waals surface area contributed by atoms with E-state index < -0.39 is 5.97 Å². The molecule has 132 valence electrons. The maximum Gasteiger partial charge on any atom is 0.337 e. The van der Waals surface area contributed by atoms with Gasteiger partial charge in [-0.25, -0.2) is 4.79 Å². The lowest BCUT2D eigenvalue weighted by Crippen LogP contribution is -1.98. The minimum Gasteiger partial charge on any atom is -0.478 e. The van der Waals surface area contributed by atoms with Crippen LogP contribution in [0.25, 0.3) is 16.5 Å². The van der Waals surface area contributed by atoms with Gasteiger partial charge in [0.25, 0.3) is 0 Å². The number of rotatable bonds is 4. The molecule has 0 bridgehead atoms. The first-order chi connectivity index (χ1) is 13.1. The number of carbonyl (C=O) groups is 1. The molecule has 4 aromatic rings. The molecule has 0 unspecified atom stereocenters. The van der Waals surface area contributed by atoms with Crippen molar-refractivity contribution in [2.24, 2.45) is 4.99 Å². The molecular weight excluding hydrogens is 360 g/mol. The molecule has 0 aliphatic heterocycles. The number of halogens is 1. The molecule has 4 rings (SSSR count). The average molecular weight is 375 g/mol. The highest BCUT2D eigenvalue weighted by Crippen LogP contribution is 2.23. The Morgan fingerprint density at radius 1 is 0.963 bits per heavy atom. The Morgan fingerprint density at radius 2 is 1.78 bits per heavy atom. The largest absolute Gasteiger partial charge is 0.478 e. The molecule has 1 aromatic heterocycles. The molecule has 0 aliphatic rings. The molecule has 0 saturated carbocycles. The van der Waals surface area contributed by atoms with Gasteiger partial charge in [0.1, 0.15) is 0 Å². The van der Waals surface area contributed by atoms with Crippen molar-refractivity contribution in [3.63, 3.8) is 0 Å². The summed E-state index contributed by atoms with van der Waals surface area (Å²) in [7, 11) is 0. The molecular formula is C22H15ClN2O2. The van der Waals surface area contributed by atoms with Crippen molar-refractivity contribution in [3.05, 3.63) is 95.3 Å². The Bertz CT molecular complexity index is 1180. The number of fused-ring (bicyclic) bond motifs is 1. The van der Waals surface area contributed by atoms with Gasteiger partial charge in [-0.3, -0.25) is 4.99 Å². The number of carboxylic acid groups (broad SMARTS) is 1. The summed E-state index contributed by atoms with van der Waals surface area (Å²) in [5, 5.41) is 11.7. The van der Waals surface area contributed by atoms with Gasteiger partial charge >= 0.3 is 5.97 Å². The highest BCUT2D eigenvalue weighted by atomic mass is 35.5. The van der Waals surface area contributed by atoms with Crippen LogP contribution in [0.3, 0.4) is 0 Å². The number of aromatic carboxylic acids is 1. The van der Waals surface area contributed by atoms with Gasteiger partial charge in [0.05, 0.1) is 28.2 Å². The number of hydrogen-bond donors (Lipinski definition) is 1. The Morgan fingerprint density at radius 3 is 2.59 bits per heavy atom. The number of hydrogen-bond acceptors (Lipinski definition) is 2. The van der Waals surface area contributed by atoms with Crippen molar-refractivity contribution >= 4 is 40.2 Å². The predicted octanol–water partition coefficient (Wildman–Crippen LogP) is 5.73. The lowest BCUT2D eigenvalue weighted by atomic mass is 10.1. The van der Waals surface area contributed by atoms with Gasteiger partial charge in [-0.15, -0.1) is 0 Å². The second-order valence-corrected chi connectivity index (χ2v) is 6.47. The van der Waals surface area contributed by atoms with E-state index in [1.165, 1.54) is 11.5 Å². The fourth-order valence-corrected chi connectivity index (χ4v) is 3.16. The molecule has 0 aliphatic carbocycles. The first kappa shape index (κ1) is 17.1. The Balaban J connectivity index is 1.68. The van der Waals surface area contributed by atoms with E-state index in [0.717, 1.165) is 16.8 Å². The van der Waals surface area contributed by atoms with Crippen molar-refractivity contribution in [1.29, 1.82) is 0 Å². The van der Waals surface area contributed by atoms with E-state index in [2.05, 4.69) is 35.3 Å². The maximum absolute atomic E-state index is 11.2. The van der Waals surface area contributed by atoms with Crippen LogP contribution in [0.15, 0.2) is 84.0 Å². The second kappa shape index (κ2) is 7.09. The van der Waals surface area contributed by atoms with Gasteiger partial charge in [-0.1, -0.05) is 41.9 Å². The van der Waals surface area contributed by atoms with E-state index in [0.29, 0.717) is 5.69 Å². The SMILES string of the molecule is O=C(O)c1cc(N=Cc2cccn2-c2ccc3ccccc3c2)ccc1Cl. The van der Waals surface area contributed by atoms with Crippen molar-refractivity contribution in [2.45, 2.75) is 0 Å². The summed E-state index contributed by atoms with van der Waals surface area (Å²) in [6.07, 6.45) is 3.68. The van der Waals surface area contributed by atoms with Crippen molar-refractivity contribution < 1.29 is 9.90 Å². The van der Waals surface area contributed by atoms with Gasteiger partial charge in [-0.2, -0.15) is 0 Å². The molecule has 1 N–H and O–H groups in total. The topological polar surface area (TPSA) is 54.6 Å². The molecule has 0 fully saturated rings. The van der Waals surface area contributed by atoms with Crippen LogP contribution in [-0.2, 0) is 0 Å². The van der Waals surface area contributed by atoms with Crippen LogP contribution in [0.2, 0.25) is 5.02 Å². The molecule has 4 nitrogen and oxygen atoms in total. The van der Waals surface area contributed by atoms with E-state index in [4.69, 9.17) is 11.6 Å². The molecule has 0 amide bonds. The van der Waals surface area contributed by atoms with Crippen LogP contribution in [0.4, 0.5) is 5.69 Å². The summed E-state index contributed by atoms with van der Waals surface area (Å²) in [6, 6.07) is 23.1. The molecule has 0 atom stereocenters. The number of aliphatic imine (C=N–C) groups is 1. The monoisotopic (exact) mass is 374 g/mol. The van der Waals surface area contributed by atoms with Crippen LogP contribution in [0.1, 0.15) is 16.1 Å². The molecule has 0 saturated heterocycles. The second-order valence-electron chi connectivity index (χ2n) is 6.06. The van der Waals surface area contributed by atoms with Crippen molar-refractivity contribution in [2.75, 3.05) is 0 Å². The Labute approximate surface area is 161 Å². The van der Waals surface area contributed by atoms with Crippen LogP contribution < -0.4 is 0 Å². The molecule has 27 heavy (non-hydrogen) atoms. The van der Waals surface area contributed by atoms with Gasteiger partial charge in [0.2, 0.25) is 0 Å². The van der Waals surface area contributed by atoms with Crippen LogP contribution >= 0.6 is 11.6 Å². The van der Waals surface area contributed by atoms with E-state index in [9.17, 15) is 9.90 Å². The summed E-state index contributed by atoms with van der Waals surface area (Å²) >= 11 is 5.91. The normalized spacial score (nSPS) is 11.3. The zero-order valence-electron chi connectivity index (χ0n) is 14.2. The highest BCUT2D eigenvalue weighted by molar-refractivity contribution is 6.33. The third kappa shape index (κ3) is 3.48. The smallest absolute Gasteiger partial charge is 0.337 e. The Hall–Kier alpha value is -3.37. The first-order valence-electron chi connectivity index (χ1n) is 8.35. The summed E-state index contributed by atoms with van der Waals surface area (Å²) in [4.78, 5) is 15.6. The molecule has 0 spiro atoms. The summed E-state index contributed by atoms with van der Waals surface area (Å²) in [5.74, 6) is -1.07. The summed E-state index contributed by atoms with van der Waals surface area (Å²) in [5.41, 5.74) is 2.49. The zero-order chi connectivity index (χ0) is 18.8. The van der Waals surface area contributed by atoms with E-state index in [1.54, 1.807) is 18.3 Å². The third-order valence-corrected chi connectivity index (χ3v) is 4.65. The van der Waals surface area contributed by atoms with Crippen LogP contribution in [-0.4, -0.2) is 21.9 Å². The van der Waals surface area contributed by atoms with E-state index >= 15 is 0 Å². The zero-order valence-corrected chi connectivity index (χ0v) is 15.0. The van der Waals surface area contributed by atoms with Crippen LogP contribution in [0, 0.1) is 0 Å². The fourth-order valence-electron chi connectivity index (χ4n) is 2.96. The average Bonchev–Trinajstić information content (AvgIpc) is 3.15. The minimum atomic E-state index is -1.07. The number of aromatic nitrogens is 1. The molecule has 0 radical (unpaired) electrons. The quantitative estimate of drug-likeness (QED) is 0.463. The lowest BCUT2D eigenvalue weighted by Gasteiger charge is -2.08. The standard InChI is InChI=1S/C22H15ClN2O2/c23-21-10-8-17(13-20(21)22(26)27)24-14-19-6-3-11-25(19)18-9-7-15-4-1-2-5-16(15)12-18/h1-14H,(H,26,27). The Kier molecular flexibility index (Phi) is 4.48. The number of nitrogens with zero attached hydrogens (tertiary/aromatic N) is 2. The van der Waals surface area contributed by atoms with E-state index in [1.807, 2.05) is 35.0 Å². The third-order valence-electron chi connectivity index (χ3n) is 4.32. The van der Waals surface area contributed by atoms with Crippen molar-refractivity contribution in [1.82, 2.24) is 4.57 Å².